The Morgan fingerprint density at radius 3 is 2.77 bits per heavy atom. The summed E-state index contributed by atoms with van der Waals surface area (Å²) in [6.45, 7) is 4.68. The van der Waals surface area contributed by atoms with Crippen molar-refractivity contribution in [2.24, 2.45) is 0 Å². The fraction of sp³-hybridized carbons (Fsp3) is 0.571. The first kappa shape index (κ1) is 16.7. The van der Waals surface area contributed by atoms with E-state index in [-0.39, 0.29) is 24.5 Å². The minimum Gasteiger partial charge on any atom is -0.373 e. The zero-order valence-corrected chi connectivity index (χ0v) is 13.5. The Morgan fingerprint density at radius 2 is 2.14 bits per heavy atom. The number of aromatic nitrogens is 1. The molecule has 0 aromatic carbocycles. The lowest BCUT2D eigenvalue weighted by Gasteiger charge is -2.34. The fourth-order valence-electron chi connectivity index (χ4n) is 2.42. The Hall–Kier alpha value is -1.69. The van der Waals surface area contributed by atoms with Crippen LogP contribution in [0.25, 0.3) is 0 Å². The number of hydrogen-bond acceptors (Lipinski definition) is 6. The molecule has 2 heterocycles. The number of morpholine rings is 1. The van der Waals surface area contributed by atoms with Crippen molar-refractivity contribution in [3.63, 3.8) is 0 Å². The molecule has 0 saturated carbocycles. The number of sulfonamides is 1. The van der Waals surface area contributed by atoms with Crippen molar-refractivity contribution >= 4 is 15.8 Å². The zero-order valence-electron chi connectivity index (χ0n) is 12.7. The van der Waals surface area contributed by atoms with Crippen LogP contribution in [0.5, 0.6) is 0 Å². The standard InChI is InChI=1S/C14H20N4O3S/c1-11-9-18(10-12(2)21-11)22(19,20)7-6-17-14-13(8-15)4-3-5-16-14/h3-5,11-12H,6-7,9-10H2,1-2H3,(H,16,17). The van der Waals surface area contributed by atoms with Gasteiger partial charge in [-0.1, -0.05) is 0 Å². The summed E-state index contributed by atoms with van der Waals surface area (Å²) >= 11 is 0. The van der Waals surface area contributed by atoms with Gasteiger partial charge in [0, 0.05) is 25.8 Å². The molecular weight excluding hydrogens is 304 g/mol. The van der Waals surface area contributed by atoms with E-state index in [1.165, 1.54) is 4.31 Å². The third-order valence-electron chi connectivity index (χ3n) is 3.36. The van der Waals surface area contributed by atoms with Crippen LogP contribution in [0.15, 0.2) is 18.3 Å². The van der Waals surface area contributed by atoms with E-state index < -0.39 is 10.0 Å². The van der Waals surface area contributed by atoms with Crippen molar-refractivity contribution in [1.29, 1.82) is 5.26 Å². The highest BCUT2D eigenvalue weighted by molar-refractivity contribution is 7.89. The molecule has 1 N–H and O–H groups in total. The van der Waals surface area contributed by atoms with Gasteiger partial charge in [-0.25, -0.2) is 13.4 Å². The lowest BCUT2D eigenvalue weighted by molar-refractivity contribution is -0.0440. The van der Waals surface area contributed by atoms with Gasteiger partial charge in [-0.15, -0.1) is 0 Å². The van der Waals surface area contributed by atoms with Crippen molar-refractivity contribution in [1.82, 2.24) is 9.29 Å². The summed E-state index contributed by atoms with van der Waals surface area (Å²) in [6, 6.07) is 5.31. The second-order valence-corrected chi connectivity index (χ2v) is 7.42. The fourth-order valence-corrected chi connectivity index (χ4v) is 3.91. The number of anilines is 1. The van der Waals surface area contributed by atoms with Crippen molar-refractivity contribution < 1.29 is 13.2 Å². The van der Waals surface area contributed by atoms with Gasteiger partial charge in [0.1, 0.15) is 11.9 Å². The number of ether oxygens (including phenoxy) is 1. The van der Waals surface area contributed by atoms with Crippen molar-refractivity contribution in [2.45, 2.75) is 26.1 Å². The quantitative estimate of drug-likeness (QED) is 0.861. The van der Waals surface area contributed by atoms with Gasteiger partial charge < -0.3 is 10.1 Å². The number of nitrogens with one attached hydrogen (secondary N) is 1. The molecule has 7 nitrogen and oxygen atoms in total. The monoisotopic (exact) mass is 324 g/mol. The molecule has 0 amide bonds. The van der Waals surface area contributed by atoms with Crippen LogP contribution in [-0.4, -0.2) is 55.3 Å². The lowest BCUT2D eigenvalue weighted by atomic mass is 10.3. The summed E-state index contributed by atoms with van der Waals surface area (Å²) in [7, 11) is -3.36. The molecule has 120 valence electrons. The molecule has 1 fully saturated rings. The topological polar surface area (TPSA) is 95.3 Å². The second-order valence-electron chi connectivity index (χ2n) is 5.33. The molecule has 2 rings (SSSR count). The van der Waals surface area contributed by atoms with E-state index >= 15 is 0 Å². The van der Waals surface area contributed by atoms with Crippen LogP contribution in [0.1, 0.15) is 19.4 Å². The Kier molecular flexibility index (Phi) is 5.34. The van der Waals surface area contributed by atoms with Gasteiger partial charge in [-0.2, -0.15) is 9.57 Å². The summed E-state index contributed by atoms with van der Waals surface area (Å²) in [5.41, 5.74) is 0.397. The largest absolute Gasteiger partial charge is 0.373 e. The molecule has 1 saturated heterocycles. The number of hydrogen-bond donors (Lipinski definition) is 1. The van der Waals surface area contributed by atoms with Gasteiger partial charge in [0.25, 0.3) is 0 Å². The first-order valence-corrected chi connectivity index (χ1v) is 8.75. The van der Waals surface area contributed by atoms with Crippen molar-refractivity contribution in [3.05, 3.63) is 23.9 Å². The predicted molar refractivity (Wildman–Crippen MR) is 82.8 cm³/mol. The second kappa shape index (κ2) is 7.05. The van der Waals surface area contributed by atoms with Crippen LogP contribution in [0.3, 0.4) is 0 Å². The van der Waals surface area contributed by atoms with Crippen LogP contribution in [0.4, 0.5) is 5.82 Å². The van der Waals surface area contributed by atoms with E-state index in [0.29, 0.717) is 24.5 Å². The van der Waals surface area contributed by atoms with E-state index in [0.717, 1.165) is 0 Å². The maximum atomic E-state index is 12.4. The highest BCUT2D eigenvalue weighted by Crippen LogP contribution is 2.15. The molecule has 2 atom stereocenters. The molecule has 2 unspecified atom stereocenters. The van der Waals surface area contributed by atoms with E-state index in [2.05, 4.69) is 10.3 Å². The van der Waals surface area contributed by atoms with E-state index in [1.807, 2.05) is 19.9 Å². The number of rotatable bonds is 5. The molecule has 1 aliphatic rings. The van der Waals surface area contributed by atoms with Gasteiger partial charge in [0.15, 0.2) is 0 Å². The predicted octanol–water partition coefficient (Wildman–Crippen LogP) is 0.804. The van der Waals surface area contributed by atoms with Crippen molar-refractivity contribution in [3.8, 4) is 6.07 Å². The number of nitriles is 1. The Balaban J connectivity index is 1.94. The third-order valence-corrected chi connectivity index (χ3v) is 5.17. The lowest BCUT2D eigenvalue weighted by Crippen LogP contribution is -2.49. The third kappa shape index (κ3) is 4.16. The van der Waals surface area contributed by atoms with E-state index in [9.17, 15) is 8.42 Å². The van der Waals surface area contributed by atoms with Gasteiger partial charge in [-0.05, 0) is 26.0 Å². The van der Waals surface area contributed by atoms with Gasteiger partial charge in [0.2, 0.25) is 10.0 Å². The van der Waals surface area contributed by atoms with Gasteiger partial charge in [-0.3, -0.25) is 0 Å². The summed E-state index contributed by atoms with van der Waals surface area (Å²) in [6.07, 6.45) is 1.35. The molecule has 1 aliphatic heterocycles. The molecular formula is C14H20N4O3S. The SMILES string of the molecule is CC1CN(S(=O)(=O)CCNc2ncccc2C#N)CC(C)O1. The Labute approximate surface area is 131 Å². The summed E-state index contributed by atoms with van der Waals surface area (Å²) in [4.78, 5) is 4.04. The normalized spacial score (nSPS) is 23.0. The van der Waals surface area contributed by atoms with E-state index in [1.54, 1.807) is 18.3 Å². The molecule has 1 aromatic heterocycles. The maximum Gasteiger partial charge on any atom is 0.216 e. The molecule has 0 radical (unpaired) electrons. The molecule has 0 aliphatic carbocycles. The highest BCUT2D eigenvalue weighted by Gasteiger charge is 2.30. The van der Waals surface area contributed by atoms with Gasteiger partial charge in [0.05, 0.1) is 23.5 Å². The minimum absolute atomic E-state index is 0.0477. The molecule has 8 heteroatoms. The molecule has 1 aromatic rings. The van der Waals surface area contributed by atoms with Crippen LogP contribution < -0.4 is 5.32 Å². The summed E-state index contributed by atoms with van der Waals surface area (Å²) < 4.78 is 31.7. The van der Waals surface area contributed by atoms with Crippen LogP contribution in [0, 0.1) is 11.3 Å². The number of nitrogens with zero attached hydrogens (tertiary/aromatic N) is 3. The van der Waals surface area contributed by atoms with Crippen LogP contribution in [0.2, 0.25) is 0 Å². The van der Waals surface area contributed by atoms with Crippen LogP contribution >= 0.6 is 0 Å². The Bertz CT molecular complexity index is 646. The number of pyridine rings is 1. The minimum atomic E-state index is -3.36. The molecule has 0 spiro atoms. The molecule has 22 heavy (non-hydrogen) atoms. The summed E-state index contributed by atoms with van der Waals surface area (Å²) in [5, 5.41) is 11.9. The molecule has 0 bridgehead atoms. The zero-order chi connectivity index (χ0) is 16.2. The average Bonchev–Trinajstić information content (AvgIpc) is 2.46. The van der Waals surface area contributed by atoms with Crippen molar-refractivity contribution in [2.75, 3.05) is 30.7 Å². The maximum absolute atomic E-state index is 12.4. The van der Waals surface area contributed by atoms with E-state index in [4.69, 9.17) is 10.00 Å². The summed E-state index contributed by atoms with van der Waals surface area (Å²) in [5.74, 6) is 0.359. The van der Waals surface area contributed by atoms with Crippen LogP contribution in [-0.2, 0) is 14.8 Å². The first-order valence-electron chi connectivity index (χ1n) is 7.14. The average molecular weight is 324 g/mol. The smallest absolute Gasteiger partial charge is 0.216 e. The Morgan fingerprint density at radius 1 is 1.45 bits per heavy atom. The highest BCUT2D eigenvalue weighted by atomic mass is 32.2. The first-order chi connectivity index (χ1) is 10.4. The van der Waals surface area contributed by atoms with Gasteiger partial charge >= 0.3 is 0 Å².